The quantitative estimate of drug-likeness (QED) is 0.685. The Bertz CT molecular complexity index is 580. The molecule has 0 aliphatic heterocycles. The summed E-state index contributed by atoms with van der Waals surface area (Å²) in [5.41, 5.74) is 5.40. The molecule has 4 N–H and O–H groups in total. The Hall–Kier alpha value is -2.08. The van der Waals surface area contributed by atoms with Gasteiger partial charge < -0.3 is 20.9 Å². The average Bonchev–Trinajstić information content (AvgIpc) is 2.80. The second kappa shape index (κ2) is 8.15. The number of aryl methyl sites for hydroxylation is 1. The molecule has 2 rings (SSSR count). The molecule has 132 valence electrons. The third-order valence-corrected chi connectivity index (χ3v) is 4.58. The number of primary amides is 1. The zero-order chi connectivity index (χ0) is 17.6. The van der Waals surface area contributed by atoms with Crippen molar-refractivity contribution < 1.29 is 19.4 Å². The number of carbonyl (C=O) groups excluding carboxylic acids is 2. The first-order valence-electron chi connectivity index (χ1n) is 8.43. The fourth-order valence-electron chi connectivity index (χ4n) is 3.05. The first kappa shape index (κ1) is 18.3. The van der Waals surface area contributed by atoms with Crippen LogP contribution in [0.3, 0.4) is 0 Å². The first-order chi connectivity index (χ1) is 11.4. The van der Waals surface area contributed by atoms with E-state index in [1.54, 1.807) is 6.07 Å². The summed E-state index contributed by atoms with van der Waals surface area (Å²) in [6, 6.07) is 7.36. The molecule has 0 aromatic heterocycles. The zero-order valence-corrected chi connectivity index (χ0v) is 14.1. The normalized spacial score (nSPS) is 18.2. The largest absolute Gasteiger partial charge is 0.490 e. The lowest BCUT2D eigenvalue weighted by Crippen LogP contribution is -2.59. The number of rotatable bonds is 6. The van der Waals surface area contributed by atoms with Crippen molar-refractivity contribution in [2.24, 2.45) is 5.73 Å². The number of aliphatic hydroxyl groups excluding tert-OH is 1. The predicted octanol–water partition coefficient (Wildman–Crippen LogP) is 1.43. The number of benzene rings is 1. The van der Waals surface area contributed by atoms with E-state index in [1.165, 1.54) is 0 Å². The van der Waals surface area contributed by atoms with Gasteiger partial charge in [-0.1, -0.05) is 43.9 Å². The van der Waals surface area contributed by atoms with E-state index < -0.39 is 23.5 Å². The fraction of sp³-hybridized carbons (Fsp3) is 0.556. The molecular weight excluding hydrogens is 308 g/mol. The molecule has 0 heterocycles. The van der Waals surface area contributed by atoms with E-state index in [0.29, 0.717) is 18.6 Å². The Morgan fingerprint density at radius 2 is 1.88 bits per heavy atom. The van der Waals surface area contributed by atoms with Gasteiger partial charge in [0.25, 0.3) is 5.91 Å². The second-order valence-corrected chi connectivity index (χ2v) is 6.44. The van der Waals surface area contributed by atoms with Gasteiger partial charge in [-0.2, -0.15) is 0 Å². The molecule has 1 aliphatic carbocycles. The summed E-state index contributed by atoms with van der Waals surface area (Å²) in [5, 5.41) is 12.8. The van der Waals surface area contributed by atoms with Crippen LogP contribution in [0.5, 0.6) is 5.75 Å². The van der Waals surface area contributed by atoms with Crippen molar-refractivity contribution >= 4 is 11.8 Å². The fourth-order valence-corrected chi connectivity index (χ4v) is 3.05. The van der Waals surface area contributed by atoms with Crippen molar-refractivity contribution in [3.05, 3.63) is 29.8 Å². The van der Waals surface area contributed by atoms with Gasteiger partial charge >= 0.3 is 0 Å². The van der Waals surface area contributed by atoms with Crippen molar-refractivity contribution in [2.75, 3.05) is 6.61 Å². The Morgan fingerprint density at radius 3 is 2.46 bits per heavy atom. The van der Waals surface area contributed by atoms with Crippen LogP contribution in [0, 0.1) is 6.92 Å². The number of hydrogen-bond donors (Lipinski definition) is 3. The maximum absolute atomic E-state index is 12.3. The summed E-state index contributed by atoms with van der Waals surface area (Å²) in [7, 11) is 0. The lowest BCUT2D eigenvalue weighted by Gasteiger charge is -2.31. The summed E-state index contributed by atoms with van der Waals surface area (Å²) in [6.45, 7) is 1.71. The minimum atomic E-state index is -1.36. The van der Waals surface area contributed by atoms with E-state index in [-0.39, 0.29) is 6.61 Å². The van der Waals surface area contributed by atoms with Crippen LogP contribution in [-0.4, -0.2) is 35.2 Å². The van der Waals surface area contributed by atoms with Gasteiger partial charge in [-0.3, -0.25) is 9.59 Å². The number of ether oxygens (including phenoxy) is 1. The Labute approximate surface area is 142 Å². The number of hydrogen-bond acceptors (Lipinski definition) is 4. The van der Waals surface area contributed by atoms with E-state index in [2.05, 4.69) is 5.32 Å². The van der Waals surface area contributed by atoms with Gasteiger partial charge in [0.05, 0.1) is 0 Å². The van der Waals surface area contributed by atoms with Crippen LogP contribution in [0.15, 0.2) is 24.3 Å². The third kappa shape index (κ3) is 4.47. The molecular formula is C18H26N2O4. The average molecular weight is 334 g/mol. The molecule has 0 radical (unpaired) electrons. The molecule has 6 heteroatoms. The standard InChI is InChI=1S/C18H26N2O4/c1-13-8-4-5-9-15(13)24-12-14(21)16(22)20-18(17(19)23)10-6-2-3-7-11-18/h4-5,8-9,14,21H,2-3,6-7,10-12H2,1H3,(H2,19,23)(H,20,22)/t14-/m1/s1. The molecule has 1 fully saturated rings. The van der Waals surface area contributed by atoms with E-state index in [4.69, 9.17) is 10.5 Å². The third-order valence-electron chi connectivity index (χ3n) is 4.58. The van der Waals surface area contributed by atoms with E-state index in [0.717, 1.165) is 31.2 Å². The molecule has 1 atom stereocenters. The number of carbonyl (C=O) groups is 2. The number of nitrogens with one attached hydrogen (secondary N) is 1. The summed E-state index contributed by atoms with van der Waals surface area (Å²) in [4.78, 5) is 24.2. The summed E-state index contributed by atoms with van der Waals surface area (Å²) >= 11 is 0. The van der Waals surface area contributed by atoms with Crippen molar-refractivity contribution in [3.8, 4) is 5.75 Å². The van der Waals surface area contributed by atoms with Crippen molar-refractivity contribution in [1.82, 2.24) is 5.32 Å². The van der Waals surface area contributed by atoms with Crippen molar-refractivity contribution in [3.63, 3.8) is 0 Å². The molecule has 6 nitrogen and oxygen atoms in total. The molecule has 1 aromatic carbocycles. The Balaban J connectivity index is 1.96. The Morgan fingerprint density at radius 1 is 1.25 bits per heavy atom. The highest BCUT2D eigenvalue weighted by Gasteiger charge is 2.39. The molecule has 0 spiro atoms. The SMILES string of the molecule is Cc1ccccc1OC[C@@H](O)C(=O)NC1(C(N)=O)CCCCCC1. The second-order valence-electron chi connectivity index (χ2n) is 6.44. The van der Waals surface area contributed by atoms with Crippen LogP contribution in [0.1, 0.15) is 44.1 Å². The summed E-state index contributed by atoms with van der Waals surface area (Å²) in [5.74, 6) is -0.544. The molecule has 0 saturated heterocycles. The topological polar surface area (TPSA) is 102 Å². The van der Waals surface area contributed by atoms with Crippen LogP contribution in [0.2, 0.25) is 0 Å². The van der Waals surface area contributed by atoms with Gasteiger partial charge in [0.15, 0.2) is 6.10 Å². The van der Waals surface area contributed by atoms with E-state index >= 15 is 0 Å². The van der Waals surface area contributed by atoms with Crippen LogP contribution in [0.4, 0.5) is 0 Å². The maximum atomic E-state index is 12.3. The highest BCUT2D eigenvalue weighted by Crippen LogP contribution is 2.27. The lowest BCUT2D eigenvalue weighted by molar-refractivity contribution is -0.138. The molecule has 2 amide bonds. The number of amides is 2. The smallest absolute Gasteiger partial charge is 0.253 e. The first-order valence-corrected chi connectivity index (χ1v) is 8.43. The summed E-state index contributed by atoms with van der Waals surface area (Å²) < 4.78 is 5.50. The summed E-state index contributed by atoms with van der Waals surface area (Å²) in [6.07, 6.45) is 3.37. The highest BCUT2D eigenvalue weighted by molar-refractivity contribution is 5.91. The number of para-hydroxylation sites is 1. The number of aliphatic hydroxyl groups is 1. The number of nitrogens with two attached hydrogens (primary N) is 1. The molecule has 0 bridgehead atoms. The van der Waals surface area contributed by atoms with Gasteiger partial charge in [0.1, 0.15) is 17.9 Å². The molecule has 0 unspecified atom stereocenters. The van der Waals surface area contributed by atoms with Gasteiger partial charge in [-0.05, 0) is 31.4 Å². The molecule has 1 saturated carbocycles. The van der Waals surface area contributed by atoms with Crippen LogP contribution in [-0.2, 0) is 9.59 Å². The van der Waals surface area contributed by atoms with Crippen LogP contribution in [0.25, 0.3) is 0 Å². The Kier molecular flexibility index (Phi) is 6.20. The van der Waals surface area contributed by atoms with Crippen LogP contribution >= 0.6 is 0 Å². The van der Waals surface area contributed by atoms with Crippen LogP contribution < -0.4 is 15.8 Å². The maximum Gasteiger partial charge on any atom is 0.253 e. The molecule has 1 aliphatic rings. The van der Waals surface area contributed by atoms with E-state index in [9.17, 15) is 14.7 Å². The van der Waals surface area contributed by atoms with Crippen molar-refractivity contribution in [2.45, 2.75) is 57.1 Å². The van der Waals surface area contributed by atoms with E-state index in [1.807, 2.05) is 25.1 Å². The van der Waals surface area contributed by atoms with Gasteiger partial charge in [0.2, 0.25) is 5.91 Å². The predicted molar refractivity (Wildman–Crippen MR) is 90.5 cm³/mol. The van der Waals surface area contributed by atoms with Gasteiger partial charge in [0, 0.05) is 0 Å². The molecule has 1 aromatic rings. The minimum Gasteiger partial charge on any atom is -0.490 e. The highest BCUT2D eigenvalue weighted by atomic mass is 16.5. The van der Waals surface area contributed by atoms with Gasteiger partial charge in [-0.25, -0.2) is 0 Å². The monoisotopic (exact) mass is 334 g/mol. The zero-order valence-electron chi connectivity index (χ0n) is 14.1. The van der Waals surface area contributed by atoms with Gasteiger partial charge in [-0.15, -0.1) is 0 Å². The minimum absolute atomic E-state index is 0.175. The lowest BCUT2D eigenvalue weighted by atomic mass is 9.89. The van der Waals surface area contributed by atoms with Crippen molar-refractivity contribution in [1.29, 1.82) is 0 Å². The molecule has 24 heavy (non-hydrogen) atoms.